The second kappa shape index (κ2) is 8.66. The van der Waals surface area contributed by atoms with Gasteiger partial charge in [0.05, 0.1) is 18.1 Å². The second-order valence-corrected chi connectivity index (χ2v) is 10.1. The Morgan fingerprint density at radius 2 is 1.92 bits per heavy atom. The SMILES string of the molecule is COC(=O)[C@H](NS(=O)(=O)c1ccc(Br)cc1)C(C)(C)SCC(C)O. The zero-order chi connectivity index (χ0) is 18.5. The van der Waals surface area contributed by atoms with Crippen LogP contribution in [0.5, 0.6) is 0 Å². The van der Waals surface area contributed by atoms with Gasteiger partial charge in [0, 0.05) is 15.0 Å². The van der Waals surface area contributed by atoms with Crippen LogP contribution in [0.15, 0.2) is 33.6 Å². The van der Waals surface area contributed by atoms with Crippen LogP contribution in [-0.2, 0) is 19.6 Å². The van der Waals surface area contributed by atoms with E-state index in [1.165, 1.54) is 31.0 Å². The first-order valence-electron chi connectivity index (χ1n) is 7.17. The van der Waals surface area contributed by atoms with Crippen LogP contribution in [0.4, 0.5) is 0 Å². The summed E-state index contributed by atoms with van der Waals surface area (Å²) in [7, 11) is -2.69. The van der Waals surface area contributed by atoms with Crippen molar-refractivity contribution in [1.29, 1.82) is 0 Å². The van der Waals surface area contributed by atoms with E-state index in [-0.39, 0.29) is 4.90 Å². The van der Waals surface area contributed by atoms with Crippen molar-refractivity contribution >= 4 is 43.7 Å². The molecule has 1 aromatic carbocycles. The van der Waals surface area contributed by atoms with Crippen LogP contribution in [0.3, 0.4) is 0 Å². The Kier molecular flexibility index (Phi) is 7.74. The molecule has 2 atom stereocenters. The standard InChI is InChI=1S/C15H22BrNO5S2/c1-10(18)9-23-15(2,3)13(14(19)22-4)17-24(20,21)12-7-5-11(16)6-8-12/h5-8,10,13,17-18H,9H2,1-4H3/t10?,13-/m0/s1. The molecule has 0 radical (unpaired) electrons. The van der Waals surface area contributed by atoms with E-state index in [2.05, 4.69) is 20.7 Å². The van der Waals surface area contributed by atoms with Crippen LogP contribution in [-0.4, -0.2) is 49.2 Å². The molecule has 0 aromatic heterocycles. The van der Waals surface area contributed by atoms with Gasteiger partial charge in [-0.05, 0) is 45.0 Å². The summed E-state index contributed by atoms with van der Waals surface area (Å²) in [6.45, 7) is 5.08. The first-order valence-corrected chi connectivity index (χ1v) is 10.4. The molecular formula is C15H22BrNO5S2. The first kappa shape index (κ1) is 21.4. The van der Waals surface area contributed by atoms with Gasteiger partial charge < -0.3 is 9.84 Å². The zero-order valence-electron chi connectivity index (χ0n) is 13.9. The van der Waals surface area contributed by atoms with Crippen molar-refractivity contribution in [1.82, 2.24) is 4.72 Å². The number of ether oxygens (including phenoxy) is 1. The third-order valence-electron chi connectivity index (χ3n) is 3.23. The molecule has 1 aromatic rings. The number of rotatable bonds is 8. The van der Waals surface area contributed by atoms with E-state index in [1.54, 1.807) is 32.9 Å². The lowest BCUT2D eigenvalue weighted by atomic mass is 10.0. The molecule has 0 fully saturated rings. The molecule has 1 rings (SSSR count). The third-order valence-corrected chi connectivity index (χ3v) is 6.82. The fourth-order valence-corrected chi connectivity index (χ4v) is 4.51. The number of nitrogens with one attached hydrogen (secondary N) is 1. The summed E-state index contributed by atoms with van der Waals surface area (Å²) in [5.74, 6) is -0.320. The van der Waals surface area contributed by atoms with Crippen molar-refractivity contribution < 1.29 is 23.1 Å². The van der Waals surface area contributed by atoms with Crippen molar-refractivity contribution in [2.24, 2.45) is 0 Å². The maximum absolute atomic E-state index is 12.6. The van der Waals surface area contributed by atoms with Gasteiger partial charge in [-0.3, -0.25) is 4.79 Å². The summed E-state index contributed by atoms with van der Waals surface area (Å²) in [5, 5.41) is 9.45. The molecule has 1 unspecified atom stereocenters. The van der Waals surface area contributed by atoms with Crippen molar-refractivity contribution in [3.05, 3.63) is 28.7 Å². The Labute approximate surface area is 155 Å². The predicted octanol–water partition coefficient (Wildman–Crippen LogP) is 2.16. The number of aliphatic hydroxyl groups excluding tert-OH is 1. The van der Waals surface area contributed by atoms with E-state index in [0.29, 0.717) is 5.75 Å². The highest BCUT2D eigenvalue weighted by molar-refractivity contribution is 9.10. The van der Waals surface area contributed by atoms with Gasteiger partial charge in [0.2, 0.25) is 10.0 Å². The minimum absolute atomic E-state index is 0.0518. The minimum Gasteiger partial charge on any atom is -0.468 e. The quantitative estimate of drug-likeness (QED) is 0.602. The van der Waals surface area contributed by atoms with E-state index < -0.39 is 32.9 Å². The summed E-state index contributed by atoms with van der Waals surface area (Å²) in [4.78, 5) is 12.2. The Morgan fingerprint density at radius 3 is 2.38 bits per heavy atom. The fraction of sp³-hybridized carbons (Fsp3) is 0.533. The summed E-state index contributed by atoms with van der Waals surface area (Å²) >= 11 is 4.54. The summed E-state index contributed by atoms with van der Waals surface area (Å²) < 4.78 is 32.2. The molecular weight excluding hydrogens is 418 g/mol. The molecule has 136 valence electrons. The van der Waals surface area contributed by atoms with E-state index in [0.717, 1.165) is 4.47 Å². The molecule has 0 aliphatic carbocycles. The Balaban J connectivity index is 3.09. The molecule has 24 heavy (non-hydrogen) atoms. The fourth-order valence-electron chi connectivity index (χ4n) is 1.85. The van der Waals surface area contributed by atoms with Gasteiger partial charge in [0.15, 0.2) is 0 Å². The molecule has 0 amide bonds. The zero-order valence-corrected chi connectivity index (χ0v) is 17.2. The maximum Gasteiger partial charge on any atom is 0.325 e. The second-order valence-electron chi connectivity index (χ2n) is 5.79. The monoisotopic (exact) mass is 439 g/mol. The number of sulfonamides is 1. The number of aliphatic hydroxyl groups is 1. The van der Waals surface area contributed by atoms with Gasteiger partial charge in [-0.1, -0.05) is 15.9 Å². The highest BCUT2D eigenvalue weighted by Crippen LogP contribution is 2.30. The summed E-state index contributed by atoms with van der Waals surface area (Å²) in [5.41, 5.74) is 0. The number of hydrogen-bond acceptors (Lipinski definition) is 6. The van der Waals surface area contributed by atoms with Crippen LogP contribution >= 0.6 is 27.7 Å². The van der Waals surface area contributed by atoms with Crippen molar-refractivity contribution in [3.8, 4) is 0 Å². The Bertz CT molecular complexity index is 659. The van der Waals surface area contributed by atoms with Crippen LogP contribution in [0.25, 0.3) is 0 Å². The molecule has 0 aliphatic heterocycles. The molecule has 2 N–H and O–H groups in total. The number of halogens is 1. The van der Waals surface area contributed by atoms with E-state index >= 15 is 0 Å². The van der Waals surface area contributed by atoms with Crippen molar-refractivity contribution in [3.63, 3.8) is 0 Å². The molecule has 6 nitrogen and oxygen atoms in total. The van der Waals surface area contributed by atoms with Crippen LogP contribution in [0, 0.1) is 0 Å². The molecule has 0 heterocycles. The van der Waals surface area contributed by atoms with Gasteiger partial charge in [0.25, 0.3) is 0 Å². The average molecular weight is 440 g/mol. The molecule has 0 bridgehead atoms. The lowest BCUT2D eigenvalue weighted by Crippen LogP contribution is -2.53. The number of benzene rings is 1. The maximum atomic E-state index is 12.6. The lowest BCUT2D eigenvalue weighted by Gasteiger charge is -2.32. The number of methoxy groups -OCH3 is 1. The van der Waals surface area contributed by atoms with Crippen LogP contribution < -0.4 is 4.72 Å². The molecule has 0 aliphatic rings. The van der Waals surface area contributed by atoms with Gasteiger partial charge in [0.1, 0.15) is 6.04 Å². The van der Waals surface area contributed by atoms with E-state index in [4.69, 9.17) is 4.74 Å². The topological polar surface area (TPSA) is 92.7 Å². The normalized spacial score (nSPS) is 14.9. The molecule has 0 saturated heterocycles. The minimum atomic E-state index is -3.90. The van der Waals surface area contributed by atoms with Gasteiger partial charge >= 0.3 is 5.97 Å². The van der Waals surface area contributed by atoms with E-state index in [1.807, 2.05) is 0 Å². The number of hydrogen-bond donors (Lipinski definition) is 2. The third kappa shape index (κ3) is 6.03. The Hall–Kier alpha value is -0.610. The number of thioether (sulfide) groups is 1. The van der Waals surface area contributed by atoms with Gasteiger partial charge in [-0.15, -0.1) is 0 Å². The number of carbonyl (C=O) groups excluding carboxylic acids is 1. The van der Waals surface area contributed by atoms with Crippen LogP contribution in [0.1, 0.15) is 20.8 Å². The van der Waals surface area contributed by atoms with Crippen LogP contribution in [0.2, 0.25) is 0 Å². The average Bonchev–Trinajstić information content (AvgIpc) is 2.50. The highest BCUT2D eigenvalue weighted by Gasteiger charge is 2.40. The number of esters is 1. The summed E-state index contributed by atoms with van der Waals surface area (Å²) in [6.07, 6.45) is -0.573. The van der Waals surface area contributed by atoms with Gasteiger partial charge in [-0.2, -0.15) is 16.5 Å². The van der Waals surface area contributed by atoms with Gasteiger partial charge in [-0.25, -0.2) is 8.42 Å². The van der Waals surface area contributed by atoms with E-state index in [9.17, 15) is 18.3 Å². The largest absolute Gasteiger partial charge is 0.468 e. The highest BCUT2D eigenvalue weighted by atomic mass is 79.9. The lowest BCUT2D eigenvalue weighted by molar-refractivity contribution is -0.143. The number of carbonyl (C=O) groups is 1. The smallest absolute Gasteiger partial charge is 0.325 e. The first-order chi connectivity index (χ1) is 11.0. The van der Waals surface area contributed by atoms with Crippen molar-refractivity contribution in [2.45, 2.75) is 42.6 Å². The molecule has 0 spiro atoms. The Morgan fingerprint density at radius 1 is 1.38 bits per heavy atom. The predicted molar refractivity (Wildman–Crippen MR) is 98.5 cm³/mol. The summed E-state index contributed by atoms with van der Waals surface area (Å²) in [6, 6.07) is 5.00. The molecule has 9 heteroatoms. The molecule has 0 saturated carbocycles. The van der Waals surface area contributed by atoms with Crippen molar-refractivity contribution in [2.75, 3.05) is 12.9 Å².